The van der Waals surface area contributed by atoms with E-state index in [0.717, 1.165) is 18.7 Å². The maximum Gasteiger partial charge on any atom is 0.187 e. The number of ether oxygens (including phenoxy) is 1. The maximum absolute atomic E-state index is 14.0. The van der Waals surface area contributed by atoms with E-state index < -0.39 is 0 Å². The van der Waals surface area contributed by atoms with Crippen LogP contribution in [-0.4, -0.2) is 22.3 Å². The minimum absolute atomic E-state index is 0.327. The lowest BCUT2D eigenvalue weighted by molar-refractivity contribution is 0.413. The first-order valence-electron chi connectivity index (χ1n) is 7.04. The van der Waals surface area contributed by atoms with Gasteiger partial charge >= 0.3 is 0 Å². The number of nitrogens with zero attached hydrogens (tertiary/aromatic N) is 2. The number of aromatic nitrogens is 3. The Balaban J connectivity index is 1.93. The molecule has 5 heteroatoms. The van der Waals surface area contributed by atoms with Crippen molar-refractivity contribution < 1.29 is 9.13 Å². The molecular formula is C15H18FN3O. The molecule has 0 unspecified atom stereocenters. The van der Waals surface area contributed by atoms with Crippen LogP contribution < -0.4 is 4.74 Å². The summed E-state index contributed by atoms with van der Waals surface area (Å²) in [4.78, 5) is 4.49. The Labute approximate surface area is 117 Å². The van der Waals surface area contributed by atoms with Crippen molar-refractivity contribution in [2.75, 3.05) is 7.11 Å². The van der Waals surface area contributed by atoms with Gasteiger partial charge in [0.2, 0.25) is 0 Å². The number of hydrogen-bond donors (Lipinski definition) is 1. The molecule has 0 aliphatic heterocycles. The van der Waals surface area contributed by atoms with Crippen molar-refractivity contribution in [1.29, 1.82) is 0 Å². The second-order valence-electron chi connectivity index (χ2n) is 5.20. The summed E-state index contributed by atoms with van der Waals surface area (Å²) in [6.07, 6.45) is 6.00. The maximum atomic E-state index is 14.0. The van der Waals surface area contributed by atoms with Gasteiger partial charge in [-0.1, -0.05) is 25.3 Å². The molecule has 0 radical (unpaired) electrons. The van der Waals surface area contributed by atoms with Crippen LogP contribution in [0, 0.1) is 5.82 Å². The van der Waals surface area contributed by atoms with Gasteiger partial charge in [0.05, 0.1) is 12.7 Å². The van der Waals surface area contributed by atoms with Crippen LogP contribution in [0.3, 0.4) is 0 Å². The van der Waals surface area contributed by atoms with Gasteiger partial charge in [0.1, 0.15) is 17.4 Å². The first-order chi connectivity index (χ1) is 9.79. The summed E-state index contributed by atoms with van der Waals surface area (Å²) in [6.45, 7) is 0. The highest BCUT2D eigenvalue weighted by Crippen LogP contribution is 2.34. The molecule has 1 fully saturated rings. The summed E-state index contributed by atoms with van der Waals surface area (Å²) in [5.74, 6) is 1.76. The molecule has 0 saturated heterocycles. The van der Waals surface area contributed by atoms with Gasteiger partial charge in [-0.05, 0) is 25.0 Å². The van der Waals surface area contributed by atoms with Gasteiger partial charge in [-0.25, -0.2) is 9.37 Å². The number of methoxy groups -OCH3 is 1. The van der Waals surface area contributed by atoms with Crippen LogP contribution in [0.25, 0.3) is 11.4 Å². The SMILES string of the molecule is COc1cccc(F)c1-c1n[nH]c(C2CCCCC2)n1. The molecule has 20 heavy (non-hydrogen) atoms. The highest BCUT2D eigenvalue weighted by molar-refractivity contribution is 5.64. The predicted molar refractivity (Wildman–Crippen MR) is 74.2 cm³/mol. The number of H-pyrrole nitrogens is 1. The van der Waals surface area contributed by atoms with Crippen molar-refractivity contribution in [1.82, 2.24) is 15.2 Å². The van der Waals surface area contributed by atoms with E-state index in [1.54, 1.807) is 12.1 Å². The molecule has 1 saturated carbocycles. The lowest BCUT2D eigenvalue weighted by Crippen LogP contribution is -2.06. The second-order valence-corrected chi connectivity index (χ2v) is 5.20. The lowest BCUT2D eigenvalue weighted by Gasteiger charge is -2.18. The molecule has 0 atom stereocenters. The van der Waals surface area contributed by atoms with Crippen LogP contribution in [0.1, 0.15) is 43.8 Å². The summed E-state index contributed by atoms with van der Waals surface area (Å²) in [5, 5.41) is 7.14. The van der Waals surface area contributed by atoms with Crippen molar-refractivity contribution >= 4 is 0 Å². The quantitative estimate of drug-likeness (QED) is 0.929. The number of rotatable bonds is 3. The van der Waals surface area contributed by atoms with Crippen LogP contribution in [0.2, 0.25) is 0 Å². The van der Waals surface area contributed by atoms with Gasteiger partial charge in [-0.15, -0.1) is 0 Å². The Kier molecular flexibility index (Phi) is 3.67. The van der Waals surface area contributed by atoms with Crippen LogP contribution >= 0.6 is 0 Å². The molecule has 1 aliphatic carbocycles. The van der Waals surface area contributed by atoms with E-state index in [1.807, 2.05) is 0 Å². The Morgan fingerprint density at radius 3 is 2.80 bits per heavy atom. The molecule has 4 nitrogen and oxygen atoms in total. The zero-order valence-corrected chi connectivity index (χ0v) is 11.5. The predicted octanol–water partition coefficient (Wildman–Crippen LogP) is 3.67. The van der Waals surface area contributed by atoms with Gasteiger partial charge in [-0.2, -0.15) is 5.10 Å². The largest absolute Gasteiger partial charge is 0.496 e. The highest BCUT2D eigenvalue weighted by atomic mass is 19.1. The van der Waals surface area contributed by atoms with Crippen molar-refractivity contribution in [3.8, 4) is 17.1 Å². The van der Waals surface area contributed by atoms with Gasteiger partial charge in [0.15, 0.2) is 5.82 Å². The number of halogens is 1. The Morgan fingerprint density at radius 1 is 1.25 bits per heavy atom. The molecule has 0 bridgehead atoms. The van der Waals surface area contributed by atoms with Crippen LogP contribution in [0.5, 0.6) is 5.75 Å². The molecule has 1 aromatic carbocycles. The average Bonchev–Trinajstić information content (AvgIpc) is 2.97. The van der Waals surface area contributed by atoms with Crippen LogP contribution in [-0.2, 0) is 0 Å². The smallest absolute Gasteiger partial charge is 0.187 e. The first kappa shape index (κ1) is 13.1. The topological polar surface area (TPSA) is 50.8 Å². The fourth-order valence-electron chi connectivity index (χ4n) is 2.84. The fourth-order valence-corrected chi connectivity index (χ4v) is 2.84. The fraction of sp³-hybridized carbons (Fsp3) is 0.467. The standard InChI is InChI=1S/C15H18FN3O/c1-20-12-9-5-8-11(16)13(12)15-17-14(18-19-15)10-6-3-2-4-7-10/h5,8-10H,2-4,6-7H2,1H3,(H,17,18,19). The van der Waals surface area contributed by atoms with E-state index in [4.69, 9.17) is 4.74 Å². The van der Waals surface area contributed by atoms with E-state index in [-0.39, 0.29) is 5.82 Å². The zero-order valence-electron chi connectivity index (χ0n) is 11.5. The third-order valence-corrected chi connectivity index (χ3v) is 3.91. The van der Waals surface area contributed by atoms with Crippen LogP contribution in [0.4, 0.5) is 4.39 Å². The van der Waals surface area contributed by atoms with E-state index >= 15 is 0 Å². The van der Waals surface area contributed by atoms with E-state index in [9.17, 15) is 4.39 Å². The zero-order chi connectivity index (χ0) is 13.9. The first-order valence-corrected chi connectivity index (χ1v) is 7.04. The second kappa shape index (κ2) is 5.61. The van der Waals surface area contributed by atoms with E-state index in [1.165, 1.54) is 32.4 Å². The third kappa shape index (κ3) is 2.40. The van der Waals surface area contributed by atoms with Gasteiger partial charge in [0.25, 0.3) is 0 Å². The molecule has 3 rings (SSSR count). The molecule has 1 N–H and O–H groups in total. The van der Waals surface area contributed by atoms with Gasteiger partial charge in [-0.3, -0.25) is 5.10 Å². The van der Waals surface area contributed by atoms with Crippen molar-refractivity contribution in [3.63, 3.8) is 0 Å². The molecule has 1 heterocycles. The summed E-state index contributed by atoms with van der Waals surface area (Å²) >= 11 is 0. The Bertz CT molecular complexity index is 591. The summed E-state index contributed by atoms with van der Waals surface area (Å²) < 4.78 is 19.2. The number of aromatic amines is 1. The summed E-state index contributed by atoms with van der Waals surface area (Å²) in [7, 11) is 1.52. The highest BCUT2D eigenvalue weighted by Gasteiger charge is 2.22. The van der Waals surface area contributed by atoms with Crippen molar-refractivity contribution in [2.24, 2.45) is 0 Å². The molecule has 106 valence electrons. The Morgan fingerprint density at radius 2 is 2.05 bits per heavy atom. The van der Waals surface area contributed by atoms with Crippen molar-refractivity contribution in [2.45, 2.75) is 38.0 Å². The molecule has 0 spiro atoms. The van der Waals surface area contributed by atoms with Crippen molar-refractivity contribution in [3.05, 3.63) is 29.8 Å². The molecule has 0 amide bonds. The van der Waals surface area contributed by atoms with Gasteiger partial charge < -0.3 is 4.74 Å². The minimum Gasteiger partial charge on any atom is -0.496 e. The molecule has 1 aliphatic rings. The van der Waals surface area contributed by atoms with Crippen LogP contribution in [0.15, 0.2) is 18.2 Å². The summed E-state index contributed by atoms with van der Waals surface area (Å²) in [6, 6.07) is 4.73. The monoisotopic (exact) mass is 275 g/mol. The lowest BCUT2D eigenvalue weighted by atomic mass is 9.89. The number of nitrogens with one attached hydrogen (secondary N) is 1. The van der Waals surface area contributed by atoms with E-state index in [0.29, 0.717) is 23.1 Å². The minimum atomic E-state index is -0.362. The normalized spacial score (nSPS) is 16.3. The van der Waals surface area contributed by atoms with E-state index in [2.05, 4.69) is 15.2 Å². The molecule has 2 aromatic rings. The number of benzene rings is 1. The number of hydrogen-bond acceptors (Lipinski definition) is 3. The molecular weight excluding hydrogens is 257 g/mol. The Hall–Kier alpha value is -1.91. The molecule has 1 aromatic heterocycles. The van der Waals surface area contributed by atoms with Gasteiger partial charge in [0, 0.05) is 5.92 Å². The average molecular weight is 275 g/mol. The summed E-state index contributed by atoms with van der Waals surface area (Å²) in [5.41, 5.74) is 0.327. The third-order valence-electron chi connectivity index (χ3n) is 3.91.